The minimum absolute atomic E-state index is 0.329. The van der Waals surface area contributed by atoms with Crippen molar-refractivity contribution in [2.45, 2.75) is 12.7 Å². The highest BCUT2D eigenvalue weighted by Crippen LogP contribution is 2.30. The Labute approximate surface area is 76.3 Å². The smallest absolute Gasteiger partial charge is 0.339 e. The molecule has 0 N–H and O–H groups in total. The standard InChI is InChI=1S/C10H10O3/c1-12-10(11)9-8-5-3-2-4-7(8)6-13-9/h2-5,9H,6H2,1H3/t9-/m1/s1. The van der Waals surface area contributed by atoms with Crippen molar-refractivity contribution < 1.29 is 14.3 Å². The van der Waals surface area contributed by atoms with Gasteiger partial charge in [-0.1, -0.05) is 24.3 Å². The topological polar surface area (TPSA) is 35.5 Å². The van der Waals surface area contributed by atoms with Gasteiger partial charge in [0.1, 0.15) is 0 Å². The molecule has 13 heavy (non-hydrogen) atoms. The molecule has 0 radical (unpaired) electrons. The SMILES string of the molecule is COC(=O)[C@@H]1OCc2ccccc21. The minimum Gasteiger partial charge on any atom is -0.467 e. The first-order valence-corrected chi connectivity index (χ1v) is 4.10. The molecule has 0 saturated carbocycles. The number of esters is 1. The van der Waals surface area contributed by atoms with Crippen LogP contribution in [0.4, 0.5) is 0 Å². The second kappa shape index (κ2) is 3.18. The zero-order chi connectivity index (χ0) is 9.26. The highest BCUT2D eigenvalue weighted by molar-refractivity contribution is 5.77. The van der Waals surface area contributed by atoms with Crippen LogP contribution in [-0.2, 0) is 20.9 Å². The zero-order valence-corrected chi connectivity index (χ0v) is 7.32. The van der Waals surface area contributed by atoms with Gasteiger partial charge in [-0.15, -0.1) is 0 Å². The number of carbonyl (C=O) groups excluding carboxylic acids is 1. The summed E-state index contributed by atoms with van der Waals surface area (Å²) >= 11 is 0. The summed E-state index contributed by atoms with van der Waals surface area (Å²) in [4.78, 5) is 11.2. The Morgan fingerprint density at radius 1 is 1.54 bits per heavy atom. The molecular weight excluding hydrogens is 168 g/mol. The van der Waals surface area contributed by atoms with E-state index in [1.54, 1.807) is 0 Å². The summed E-state index contributed by atoms with van der Waals surface area (Å²) in [6.07, 6.45) is -0.527. The second-order valence-corrected chi connectivity index (χ2v) is 2.91. The monoisotopic (exact) mass is 178 g/mol. The summed E-state index contributed by atoms with van der Waals surface area (Å²) in [7, 11) is 1.37. The van der Waals surface area contributed by atoms with Crippen LogP contribution in [0, 0.1) is 0 Å². The van der Waals surface area contributed by atoms with Crippen LogP contribution in [-0.4, -0.2) is 13.1 Å². The lowest BCUT2D eigenvalue weighted by Crippen LogP contribution is -2.12. The maximum Gasteiger partial charge on any atom is 0.339 e. The number of methoxy groups -OCH3 is 1. The number of ether oxygens (including phenoxy) is 2. The Balaban J connectivity index is 2.33. The average Bonchev–Trinajstić information content (AvgIpc) is 2.60. The van der Waals surface area contributed by atoms with Crippen molar-refractivity contribution in [2.24, 2.45) is 0 Å². The fraction of sp³-hybridized carbons (Fsp3) is 0.300. The van der Waals surface area contributed by atoms with E-state index >= 15 is 0 Å². The predicted octanol–water partition coefficient (Wildman–Crippen LogP) is 1.43. The highest BCUT2D eigenvalue weighted by Gasteiger charge is 2.29. The van der Waals surface area contributed by atoms with Crippen LogP contribution < -0.4 is 0 Å². The molecule has 1 aromatic rings. The maximum atomic E-state index is 11.2. The molecular formula is C10H10O3. The highest BCUT2D eigenvalue weighted by atomic mass is 16.6. The van der Waals surface area contributed by atoms with Crippen molar-refractivity contribution in [1.82, 2.24) is 0 Å². The molecule has 3 nitrogen and oxygen atoms in total. The molecule has 68 valence electrons. The molecule has 1 aliphatic heterocycles. The van der Waals surface area contributed by atoms with Crippen LogP contribution in [0.15, 0.2) is 24.3 Å². The predicted molar refractivity (Wildman–Crippen MR) is 46.0 cm³/mol. The largest absolute Gasteiger partial charge is 0.467 e. The third-order valence-electron chi connectivity index (χ3n) is 2.16. The zero-order valence-electron chi connectivity index (χ0n) is 7.32. The number of fused-ring (bicyclic) bond motifs is 1. The third kappa shape index (κ3) is 1.31. The van der Waals surface area contributed by atoms with Crippen LogP contribution in [0.5, 0.6) is 0 Å². The first-order valence-electron chi connectivity index (χ1n) is 4.10. The van der Waals surface area contributed by atoms with Crippen molar-refractivity contribution in [3.8, 4) is 0 Å². The lowest BCUT2D eigenvalue weighted by molar-refractivity contribution is -0.153. The molecule has 0 fully saturated rings. The number of hydrogen-bond donors (Lipinski definition) is 0. The van der Waals surface area contributed by atoms with Crippen molar-refractivity contribution >= 4 is 5.97 Å². The van der Waals surface area contributed by atoms with Crippen LogP contribution in [0.1, 0.15) is 17.2 Å². The second-order valence-electron chi connectivity index (χ2n) is 2.91. The molecule has 0 aromatic heterocycles. The van der Waals surface area contributed by atoms with E-state index in [0.717, 1.165) is 11.1 Å². The molecule has 0 unspecified atom stereocenters. The van der Waals surface area contributed by atoms with Crippen LogP contribution in [0.25, 0.3) is 0 Å². The fourth-order valence-electron chi connectivity index (χ4n) is 1.49. The van der Waals surface area contributed by atoms with Crippen molar-refractivity contribution in [2.75, 3.05) is 7.11 Å². The summed E-state index contributed by atoms with van der Waals surface area (Å²) in [6, 6.07) is 7.67. The summed E-state index contributed by atoms with van der Waals surface area (Å²) < 4.78 is 9.93. The van der Waals surface area contributed by atoms with Crippen LogP contribution >= 0.6 is 0 Å². The average molecular weight is 178 g/mol. The molecule has 1 aromatic carbocycles. The van der Waals surface area contributed by atoms with Crippen molar-refractivity contribution in [1.29, 1.82) is 0 Å². The van der Waals surface area contributed by atoms with E-state index in [2.05, 4.69) is 4.74 Å². The van der Waals surface area contributed by atoms with E-state index < -0.39 is 6.10 Å². The molecule has 1 atom stereocenters. The van der Waals surface area contributed by atoms with Crippen molar-refractivity contribution in [3.05, 3.63) is 35.4 Å². The number of benzene rings is 1. The van der Waals surface area contributed by atoms with E-state index in [4.69, 9.17) is 4.74 Å². The normalized spacial score (nSPS) is 19.6. The van der Waals surface area contributed by atoms with Gasteiger partial charge in [-0.25, -0.2) is 4.79 Å². The summed E-state index contributed by atoms with van der Waals surface area (Å²) in [6.45, 7) is 0.496. The van der Waals surface area contributed by atoms with E-state index in [0.29, 0.717) is 6.61 Å². The van der Waals surface area contributed by atoms with Gasteiger partial charge in [-0.3, -0.25) is 0 Å². The number of carbonyl (C=O) groups is 1. The van der Waals surface area contributed by atoms with Crippen molar-refractivity contribution in [3.63, 3.8) is 0 Å². The van der Waals surface area contributed by atoms with E-state index in [1.165, 1.54) is 7.11 Å². The molecule has 2 rings (SSSR count). The Hall–Kier alpha value is -1.35. The third-order valence-corrected chi connectivity index (χ3v) is 2.16. The van der Waals surface area contributed by atoms with E-state index in [9.17, 15) is 4.79 Å². The van der Waals surface area contributed by atoms with Gasteiger partial charge in [-0.2, -0.15) is 0 Å². The molecule has 0 spiro atoms. The Morgan fingerprint density at radius 2 is 2.31 bits per heavy atom. The van der Waals surface area contributed by atoms with Gasteiger partial charge in [-0.05, 0) is 11.1 Å². The van der Waals surface area contributed by atoms with Crippen LogP contribution in [0.3, 0.4) is 0 Å². The van der Waals surface area contributed by atoms with Gasteiger partial charge in [0.05, 0.1) is 13.7 Å². The minimum atomic E-state index is -0.527. The molecule has 0 saturated heterocycles. The van der Waals surface area contributed by atoms with Gasteiger partial charge < -0.3 is 9.47 Å². The molecule has 1 aliphatic rings. The Kier molecular flexibility index (Phi) is 2.02. The fourth-order valence-corrected chi connectivity index (χ4v) is 1.49. The molecule has 0 aliphatic carbocycles. The molecule has 0 bridgehead atoms. The summed E-state index contributed by atoms with van der Waals surface area (Å²) in [5.41, 5.74) is 1.99. The Bertz CT molecular complexity index is 333. The van der Waals surface area contributed by atoms with Gasteiger partial charge in [0, 0.05) is 0 Å². The lowest BCUT2D eigenvalue weighted by Gasteiger charge is -2.07. The van der Waals surface area contributed by atoms with Gasteiger partial charge in [0.2, 0.25) is 0 Å². The number of hydrogen-bond acceptors (Lipinski definition) is 3. The first-order chi connectivity index (χ1) is 6.33. The first kappa shape index (κ1) is 8.26. The quantitative estimate of drug-likeness (QED) is 0.610. The molecule has 3 heteroatoms. The number of rotatable bonds is 1. The molecule has 0 amide bonds. The van der Waals surface area contributed by atoms with Gasteiger partial charge in [0.25, 0.3) is 0 Å². The van der Waals surface area contributed by atoms with Gasteiger partial charge in [0.15, 0.2) is 6.10 Å². The lowest BCUT2D eigenvalue weighted by atomic mass is 10.1. The molecule has 1 heterocycles. The van der Waals surface area contributed by atoms with Gasteiger partial charge >= 0.3 is 5.97 Å². The summed E-state index contributed by atoms with van der Waals surface area (Å²) in [5.74, 6) is -0.329. The Morgan fingerprint density at radius 3 is 3.08 bits per heavy atom. The van der Waals surface area contributed by atoms with E-state index in [-0.39, 0.29) is 5.97 Å². The van der Waals surface area contributed by atoms with E-state index in [1.807, 2.05) is 24.3 Å². The summed E-state index contributed by atoms with van der Waals surface area (Å²) in [5, 5.41) is 0. The maximum absolute atomic E-state index is 11.2. The van der Waals surface area contributed by atoms with Crippen LogP contribution in [0.2, 0.25) is 0 Å².